The molecule has 0 atom stereocenters. The third-order valence-corrected chi connectivity index (χ3v) is 2.77. The molecular formula is C15H21NO2. The summed E-state index contributed by atoms with van der Waals surface area (Å²) in [7, 11) is 0. The van der Waals surface area contributed by atoms with Crippen LogP contribution in [0, 0.1) is 0 Å². The molecule has 0 aliphatic carbocycles. The number of ether oxygens (including phenoxy) is 1. The van der Waals surface area contributed by atoms with Gasteiger partial charge in [-0.05, 0) is 24.0 Å². The minimum absolute atomic E-state index is 0.192. The van der Waals surface area contributed by atoms with E-state index in [1.54, 1.807) is 6.08 Å². The lowest BCUT2D eigenvalue weighted by atomic mass is 10.0. The van der Waals surface area contributed by atoms with E-state index in [2.05, 4.69) is 43.9 Å². The van der Waals surface area contributed by atoms with Crippen LogP contribution in [0.1, 0.15) is 25.0 Å². The zero-order valence-corrected chi connectivity index (χ0v) is 11.2. The number of carbonyl (C=O) groups excluding carboxylic acids is 1. The van der Waals surface area contributed by atoms with E-state index in [9.17, 15) is 4.79 Å². The number of rotatable bonds is 7. The average molecular weight is 247 g/mol. The first-order chi connectivity index (χ1) is 8.72. The van der Waals surface area contributed by atoms with Crippen molar-refractivity contribution < 1.29 is 9.53 Å². The minimum Gasteiger partial charge on any atom is -0.460 e. The summed E-state index contributed by atoms with van der Waals surface area (Å²) in [5, 5.41) is 3.18. The van der Waals surface area contributed by atoms with E-state index in [4.69, 9.17) is 4.74 Å². The Morgan fingerprint density at radius 3 is 2.44 bits per heavy atom. The third kappa shape index (κ3) is 3.91. The molecule has 0 heterocycles. The highest BCUT2D eigenvalue weighted by Gasteiger charge is 2.08. The predicted octanol–water partition coefficient (Wildman–Crippen LogP) is 2.95. The molecular weight excluding hydrogens is 226 g/mol. The van der Waals surface area contributed by atoms with E-state index >= 15 is 0 Å². The molecule has 98 valence electrons. The van der Waals surface area contributed by atoms with Crippen molar-refractivity contribution in [3.05, 3.63) is 42.0 Å². The van der Waals surface area contributed by atoms with Crippen molar-refractivity contribution in [2.45, 2.75) is 26.7 Å². The van der Waals surface area contributed by atoms with Crippen LogP contribution in [0.2, 0.25) is 0 Å². The fraction of sp³-hybridized carbons (Fsp3) is 0.400. The molecule has 0 aromatic heterocycles. The molecule has 0 saturated carbocycles. The molecule has 0 bridgehead atoms. The maximum Gasteiger partial charge on any atom is 0.325 e. The minimum atomic E-state index is -0.261. The Hall–Kier alpha value is -1.77. The summed E-state index contributed by atoms with van der Waals surface area (Å²) in [6.07, 6.45) is 3.45. The van der Waals surface area contributed by atoms with Gasteiger partial charge in [-0.25, -0.2) is 0 Å². The number of para-hydroxylation sites is 1. The monoisotopic (exact) mass is 247 g/mol. The molecule has 0 spiro atoms. The highest BCUT2D eigenvalue weighted by molar-refractivity contribution is 5.76. The van der Waals surface area contributed by atoms with E-state index in [-0.39, 0.29) is 19.1 Å². The van der Waals surface area contributed by atoms with Crippen LogP contribution in [0.25, 0.3) is 0 Å². The summed E-state index contributed by atoms with van der Waals surface area (Å²) in [6, 6.07) is 6.21. The van der Waals surface area contributed by atoms with Crippen LogP contribution in [0.5, 0.6) is 0 Å². The lowest BCUT2D eigenvalue weighted by Crippen LogP contribution is -2.18. The topological polar surface area (TPSA) is 38.3 Å². The van der Waals surface area contributed by atoms with Gasteiger partial charge >= 0.3 is 5.97 Å². The van der Waals surface area contributed by atoms with E-state index in [0.29, 0.717) is 0 Å². The first-order valence-electron chi connectivity index (χ1n) is 6.34. The van der Waals surface area contributed by atoms with E-state index < -0.39 is 0 Å². The van der Waals surface area contributed by atoms with Gasteiger partial charge in [-0.15, -0.1) is 0 Å². The summed E-state index contributed by atoms with van der Waals surface area (Å²) >= 11 is 0. The van der Waals surface area contributed by atoms with Gasteiger partial charge in [-0.1, -0.05) is 44.7 Å². The SMILES string of the molecule is C=CCOC(=O)CNc1c(CC)cccc1CC. The zero-order chi connectivity index (χ0) is 13.4. The number of anilines is 1. The zero-order valence-electron chi connectivity index (χ0n) is 11.2. The van der Waals surface area contributed by atoms with Crippen LogP contribution in [0.3, 0.4) is 0 Å². The van der Waals surface area contributed by atoms with Crippen LogP contribution in [-0.4, -0.2) is 19.1 Å². The summed E-state index contributed by atoms with van der Waals surface area (Å²) in [6.45, 7) is 8.18. The standard InChI is InChI=1S/C15H21NO2/c1-4-10-18-14(17)11-16-15-12(5-2)8-7-9-13(15)6-3/h4,7-9,16H,1,5-6,10-11H2,2-3H3. The molecule has 0 aliphatic heterocycles. The Morgan fingerprint density at radius 1 is 1.33 bits per heavy atom. The Morgan fingerprint density at radius 2 is 1.94 bits per heavy atom. The van der Waals surface area contributed by atoms with Crippen LogP contribution < -0.4 is 5.32 Å². The largest absolute Gasteiger partial charge is 0.460 e. The first-order valence-corrected chi connectivity index (χ1v) is 6.34. The van der Waals surface area contributed by atoms with E-state index in [1.807, 2.05) is 0 Å². The lowest BCUT2D eigenvalue weighted by Gasteiger charge is -2.14. The Labute approximate surface area is 109 Å². The van der Waals surface area contributed by atoms with Gasteiger partial charge < -0.3 is 10.1 Å². The second kappa shape index (κ2) is 7.54. The number of carbonyl (C=O) groups is 1. The molecule has 1 aromatic carbocycles. The smallest absolute Gasteiger partial charge is 0.325 e. The van der Waals surface area contributed by atoms with Gasteiger partial charge in [0.2, 0.25) is 0 Å². The Kier molecular flexibility index (Phi) is 5.98. The van der Waals surface area contributed by atoms with Gasteiger partial charge in [-0.3, -0.25) is 4.79 Å². The van der Waals surface area contributed by atoms with Gasteiger partial charge in [-0.2, -0.15) is 0 Å². The van der Waals surface area contributed by atoms with Crippen molar-refractivity contribution in [2.75, 3.05) is 18.5 Å². The number of esters is 1. The summed E-state index contributed by atoms with van der Waals surface area (Å²) in [5.74, 6) is -0.261. The number of aryl methyl sites for hydroxylation is 2. The van der Waals surface area contributed by atoms with Crippen LogP contribution in [0.15, 0.2) is 30.9 Å². The molecule has 0 fully saturated rings. The van der Waals surface area contributed by atoms with E-state index in [0.717, 1.165) is 18.5 Å². The number of nitrogens with one attached hydrogen (secondary N) is 1. The highest BCUT2D eigenvalue weighted by Crippen LogP contribution is 2.22. The van der Waals surface area contributed by atoms with Crippen molar-refractivity contribution in [1.29, 1.82) is 0 Å². The normalized spacial score (nSPS) is 9.89. The fourth-order valence-corrected chi connectivity index (χ4v) is 1.83. The molecule has 1 N–H and O–H groups in total. The lowest BCUT2D eigenvalue weighted by molar-refractivity contribution is -0.140. The number of hydrogen-bond donors (Lipinski definition) is 1. The summed E-state index contributed by atoms with van der Waals surface area (Å²) < 4.78 is 4.94. The maximum absolute atomic E-state index is 11.4. The van der Waals surface area contributed by atoms with Gasteiger partial charge in [0, 0.05) is 5.69 Å². The molecule has 0 unspecified atom stereocenters. The molecule has 0 radical (unpaired) electrons. The summed E-state index contributed by atoms with van der Waals surface area (Å²) in [4.78, 5) is 11.4. The quantitative estimate of drug-likeness (QED) is 0.594. The molecule has 18 heavy (non-hydrogen) atoms. The Balaban J connectivity index is 2.70. The molecule has 1 aromatic rings. The van der Waals surface area contributed by atoms with Crippen LogP contribution in [-0.2, 0) is 22.4 Å². The van der Waals surface area contributed by atoms with Gasteiger partial charge in [0.15, 0.2) is 0 Å². The third-order valence-electron chi connectivity index (χ3n) is 2.77. The summed E-state index contributed by atoms with van der Waals surface area (Å²) in [5.41, 5.74) is 3.52. The van der Waals surface area contributed by atoms with Crippen molar-refractivity contribution in [3.63, 3.8) is 0 Å². The number of hydrogen-bond acceptors (Lipinski definition) is 3. The van der Waals surface area contributed by atoms with Crippen molar-refractivity contribution in [1.82, 2.24) is 0 Å². The van der Waals surface area contributed by atoms with Gasteiger partial charge in [0.1, 0.15) is 13.2 Å². The number of benzene rings is 1. The van der Waals surface area contributed by atoms with Gasteiger partial charge in [0.05, 0.1) is 0 Å². The molecule has 0 amide bonds. The van der Waals surface area contributed by atoms with Crippen molar-refractivity contribution in [2.24, 2.45) is 0 Å². The van der Waals surface area contributed by atoms with E-state index in [1.165, 1.54) is 11.1 Å². The molecule has 0 saturated heterocycles. The molecule has 0 aliphatic rings. The fourth-order valence-electron chi connectivity index (χ4n) is 1.83. The molecule has 3 heteroatoms. The van der Waals surface area contributed by atoms with Crippen LogP contribution in [0.4, 0.5) is 5.69 Å². The first kappa shape index (κ1) is 14.3. The van der Waals surface area contributed by atoms with Gasteiger partial charge in [0.25, 0.3) is 0 Å². The van der Waals surface area contributed by atoms with Crippen LogP contribution >= 0.6 is 0 Å². The average Bonchev–Trinajstić information content (AvgIpc) is 2.42. The van der Waals surface area contributed by atoms with Crippen molar-refractivity contribution in [3.8, 4) is 0 Å². The second-order valence-electron chi connectivity index (χ2n) is 3.98. The maximum atomic E-state index is 11.4. The van der Waals surface area contributed by atoms with Crippen molar-refractivity contribution >= 4 is 11.7 Å². The molecule has 1 rings (SSSR count). The highest BCUT2D eigenvalue weighted by atomic mass is 16.5. The predicted molar refractivity (Wildman–Crippen MR) is 74.8 cm³/mol. The second-order valence-corrected chi connectivity index (χ2v) is 3.98. The molecule has 3 nitrogen and oxygen atoms in total. The Bertz CT molecular complexity index is 391.